The summed E-state index contributed by atoms with van der Waals surface area (Å²) in [7, 11) is 3.17. The van der Waals surface area contributed by atoms with E-state index in [9.17, 15) is 4.39 Å². The van der Waals surface area contributed by atoms with E-state index in [1.807, 2.05) is 6.07 Å². The zero-order chi connectivity index (χ0) is 16.2. The van der Waals surface area contributed by atoms with Gasteiger partial charge in [0.2, 0.25) is 0 Å². The summed E-state index contributed by atoms with van der Waals surface area (Å²) in [5, 5.41) is 0. The molecule has 23 heavy (non-hydrogen) atoms. The number of nitrogens with zero attached hydrogens (tertiary/aromatic N) is 1. The van der Waals surface area contributed by atoms with E-state index in [1.165, 1.54) is 6.07 Å². The van der Waals surface area contributed by atoms with Gasteiger partial charge in [-0.25, -0.2) is 9.37 Å². The van der Waals surface area contributed by atoms with E-state index in [-0.39, 0.29) is 5.82 Å². The number of H-pyrrole nitrogens is 1. The summed E-state index contributed by atoms with van der Waals surface area (Å²) < 4.78 is 25.3. The Morgan fingerprint density at radius 1 is 1.04 bits per heavy atom. The first-order valence-electron chi connectivity index (χ1n) is 7.21. The summed E-state index contributed by atoms with van der Waals surface area (Å²) in [5.74, 6) is 1.73. The van der Waals surface area contributed by atoms with E-state index >= 15 is 0 Å². The highest BCUT2D eigenvalue weighted by Gasteiger charge is 2.20. The molecule has 0 unspecified atom stereocenters. The molecule has 0 aliphatic heterocycles. The number of halogens is 1. The van der Waals surface area contributed by atoms with Crippen LogP contribution < -0.4 is 9.47 Å². The standard InChI is InChI=1S/C18H17FN2O2/c1-22-15-7-8-16(23-2)18(12-5-3-4-6-14(12)19)13(15)11-17-20-9-10-21-17/h3-10H,11H2,1-2H3,(H,20,21). The lowest BCUT2D eigenvalue weighted by molar-refractivity contribution is 0.400. The topological polar surface area (TPSA) is 47.1 Å². The normalized spacial score (nSPS) is 10.6. The van der Waals surface area contributed by atoms with Gasteiger partial charge in [0.1, 0.15) is 23.1 Å². The van der Waals surface area contributed by atoms with Crippen LogP contribution in [0.5, 0.6) is 11.5 Å². The maximum Gasteiger partial charge on any atom is 0.131 e. The van der Waals surface area contributed by atoms with Gasteiger partial charge in [-0.05, 0) is 18.2 Å². The third kappa shape index (κ3) is 2.90. The minimum Gasteiger partial charge on any atom is -0.496 e. The monoisotopic (exact) mass is 312 g/mol. The molecule has 0 amide bonds. The van der Waals surface area contributed by atoms with Gasteiger partial charge in [-0.3, -0.25) is 0 Å². The largest absolute Gasteiger partial charge is 0.496 e. The highest BCUT2D eigenvalue weighted by molar-refractivity contribution is 5.77. The van der Waals surface area contributed by atoms with Gasteiger partial charge >= 0.3 is 0 Å². The summed E-state index contributed by atoms with van der Waals surface area (Å²) in [6.45, 7) is 0. The number of ether oxygens (including phenoxy) is 2. The Labute approximate surface area is 133 Å². The molecule has 0 saturated carbocycles. The third-order valence-corrected chi connectivity index (χ3v) is 3.71. The van der Waals surface area contributed by atoms with Crippen molar-refractivity contribution in [1.82, 2.24) is 9.97 Å². The second-order valence-corrected chi connectivity index (χ2v) is 5.02. The zero-order valence-electron chi connectivity index (χ0n) is 13.0. The number of nitrogens with one attached hydrogen (secondary N) is 1. The first-order valence-corrected chi connectivity index (χ1v) is 7.21. The number of hydrogen-bond acceptors (Lipinski definition) is 3. The van der Waals surface area contributed by atoms with Gasteiger partial charge in [0, 0.05) is 35.5 Å². The molecule has 3 aromatic rings. The molecule has 1 heterocycles. The lowest BCUT2D eigenvalue weighted by Crippen LogP contribution is -2.02. The second-order valence-electron chi connectivity index (χ2n) is 5.02. The van der Waals surface area contributed by atoms with E-state index in [0.717, 1.165) is 11.4 Å². The molecule has 118 valence electrons. The molecule has 2 aromatic carbocycles. The van der Waals surface area contributed by atoms with Crippen molar-refractivity contribution in [2.45, 2.75) is 6.42 Å². The van der Waals surface area contributed by atoms with Crippen LogP contribution in [0.2, 0.25) is 0 Å². The second kappa shape index (κ2) is 6.52. The van der Waals surface area contributed by atoms with Gasteiger partial charge in [0.15, 0.2) is 0 Å². The van der Waals surface area contributed by atoms with Crippen LogP contribution in [0.4, 0.5) is 4.39 Å². The van der Waals surface area contributed by atoms with Crippen LogP contribution in [0, 0.1) is 5.82 Å². The third-order valence-electron chi connectivity index (χ3n) is 3.71. The molecular formula is C18H17FN2O2. The van der Waals surface area contributed by atoms with Gasteiger partial charge < -0.3 is 14.5 Å². The lowest BCUT2D eigenvalue weighted by Gasteiger charge is -2.17. The van der Waals surface area contributed by atoms with Crippen molar-refractivity contribution < 1.29 is 13.9 Å². The predicted molar refractivity (Wildman–Crippen MR) is 86.3 cm³/mol. The number of rotatable bonds is 5. The summed E-state index contributed by atoms with van der Waals surface area (Å²) in [6.07, 6.45) is 3.92. The quantitative estimate of drug-likeness (QED) is 0.779. The number of aromatic nitrogens is 2. The van der Waals surface area contributed by atoms with Gasteiger partial charge in [-0.2, -0.15) is 0 Å². The fourth-order valence-corrected chi connectivity index (χ4v) is 2.67. The summed E-state index contributed by atoms with van der Waals surface area (Å²) >= 11 is 0. The van der Waals surface area contributed by atoms with Crippen LogP contribution in [0.1, 0.15) is 11.4 Å². The van der Waals surface area contributed by atoms with Crippen molar-refractivity contribution in [3.05, 3.63) is 66.0 Å². The molecule has 3 rings (SSSR count). The van der Waals surface area contributed by atoms with Gasteiger partial charge in [0.05, 0.1) is 14.2 Å². The van der Waals surface area contributed by atoms with Crippen molar-refractivity contribution in [2.75, 3.05) is 14.2 Å². The Morgan fingerprint density at radius 2 is 1.78 bits per heavy atom. The summed E-state index contributed by atoms with van der Waals surface area (Å²) in [5.41, 5.74) is 1.98. The highest BCUT2D eigenvalue weighted by atomic mass is 19.1. The lowest BCUT2D eigenvalue weighted by atomic mass is 9.95. The van der Waals surface area contributed by atoms with E-state index in [4.69, 9.17) is 9.47 Å². The van der Waals surface area contributed by atoms with Crippen molar-refractivity contribution in [3.63, 3.8) is 0 Å². The Morgan fingerprint density at radius 3 is 2.43 bits per heavy atom. The molecule has 0 radical (unpaired) electrons. The Kier molecular flexibility index (Phi) is 4.28. The SMILES string of the molecule is COc1ccc(OC)c(-c2ccccc2F)c1Cc1ncc[nH]1. The fourth-order valence-electron chi connectivity index (χ4n) is 2.67. The number of methoxy groups -OCH3 is 2. The minimum atomic E-state index is -0.306. The first-order chi connectivity index (χ1) is 11.2. The molecular weight excluding hydrogens is 295 g/mol. The Balaban J connectivity index is 2.24. The van der Waals surface area contributed by atoms with Crippen molar-refractivity contribution in [3.8, 4) is 22.6 Å². The minimum absolute atomic E-state index is 0.306. The van der Waals surface area contributed by atoms with E-state index in [1.54, 1.807) is 50.9 Å². The molecule has 0 fully saturated rings. The maximum absolute atomic E-state index is 14.4. The fraction of sp³-hybridized carbons (Fsp3) is 0.167. The van der Waals surface area contributed by atoms with Crippen molar-refractivity contribution in [1.29, 1.82) is 0 Å². The average Bonchev–Trinajstić information content (AvgIpc) is 3.08. The van der Waals surface area contributed by atoms with Crippen LogP contribution in [0.3, 0.4) is 0 Å². The molecule has 0 aliphatic rings. The molecule has 5 heteroatoms. The van der Waals surface area contributed by atoms with Gasteiger partial charge in [0.25, 0.3) is 0 Å². The predicted octanol–water partition coefficient (Wildman–Crippen LogP) is 3.82. The van der Waals surface area contributed by atoms with Gasteiger partial charge in [-0.15, -0.1) is 0 Å². The van der Waals surface area contributed by atoms with Crippen molar-refractivity contribution in [2.24, 2.45) is 0 Å². The number of benzene rings is 2. The van der Waals surface area contributed by atoms with Crippen LogP contribution in [0.25, 0.3) is 11.1 Å². The van der Waals surface area contributed by atoms with Crippen LogP contribution in [0.15, 0.2) is 48.8 Å². The molecule has 0 aliphatic carbocycles. The number of aromatic amines is 1. The zero-order valence-corrected chi connectivity index (χ0v) is 13.0. The molecule has 4 nitrogen and oxygen atoms in total. The first kappa shape index (κ1) is 15.1. The summed E-state index contributed by atoms with van der Waals surface area (Å²) in [6, 6.07) is 10.2. The molecule has 0 saturated heterocycles. The Hall–Kier alpha value is -2.82. The highest BCUT2D eigenvalue weighted by Crippen LogP contribution is 2.40. The maximum atomic E-state index is 14.4. The van der Waals surface area contributed by atoms with Crippen molar-refractivity contribution >= 4 is 0 Å². The number of hydrogen-bond donors (Lipinski definition) is 1. The Bertz CT molecular complexity index is 801. The smallest absolute Gasteiger partial charge is 0.131 e. The van der Waals surface area contributed by atoms with E-state index < -0.39 is 0 Å². The van der Waals surface area contributed by atoms with E-state index in [2.05, 4.69) is 9.97 Å². The summed E-state index contributed by atoms with van der Waals surface area (Å²) in [4.78, 5) is 7.32. The van der Waals surface area contributed by atoms with Crippen LogP contribution in [-0.4, -0.2) is 24.2 Å². The molecule has 1 N–H and O–H groups in total. The average molecular weight is 312 g/mol. The molecule has 0 spiro atoms. The van der Waals surface area contributed by atoms with Crippen LogP contribution in [-0.2, 0) is 6.42 Å². The van der Waals surface area contributed by atoms with Gasteiger partial charge in [-0.1, -0.05) is 18.2 Å². The number of imidazole rings is 1. The molecule has 1 aromatic heterocycles. The molecule has 0 atom stereocenters. The van der Waals surface area contributed by atoms with E-state index in [0.29, 0.717) is 29.0 Å². The molecule has 0 bridgehead atoms. The van der Waals surface area contributed by atoms with Crippen LogP contribution >= 0.6 is 0 Å².